The Morgan fingerprint density at radius 2 is 2.32 bits per heavy atom. The van der Waals surface area contributed by atoms with Crippen molar-refractivity contribution in [2.45, 2.75) is 12.5 Å². The molecule has 96 valence electrons. The topological polar surface area (TPSA) is 74.8 Å². The fourth-order valence-corrected chi connectivity index (χ4v) is 2.36. The second-order valence-corrected chi connectivity index (χ2v) is 4.77. The van der Waals surface area contributed by atoms with Crippen LogP contribution >= 0.6 is 11.6 Å². The molecule has 1 amide bonds. The quantitative estimate of drug-likeness (QED) is 0.874. The van der Waals surface area contributed by atoms with Crippen LogP contribution in [0.25, 0.3) is 0 Å². The average Bonchev–Trinajstić information content (AvgIpc) is 3.00. The SMILES string of the molecule is O=C(NC1Cc2ccc(Cl)cc2C1=O)c1ncc[nH]1. The third kappa shape index (κ3) is 2.13. The zero-order valence-electron chi connectivity index (χ0n) is 9.81. The summed E-state index contributed by atoms with van der Waals surface area (Å²) in [6, 6.07) is 4.64. The Bertz CT molecular complexity index is 652. The third-order valence-corrected chi connectivity index (χ3v) is 3.33. The van der Waals surface area contributed by atoms with Gasteiger partial charge in [-0.1, -0.05) is 17.7 Å². The first-order valence-electron chi connectivity index (χ1n) is 5.78. The first-order valence-corrected chi connectivity index (χ1v) is 6.16. The minimum Gasteiger partial charge on any atom is -0.341 e. The highest BCUT2D eigenvalue weighted by molar-refractivity contribution is 6.31. The lowest BCUT2D eigenvalue weighted by atomic mass is 10.1. The van der Waals surface area contributed by atoms with Gasteiger partial charge in [-0.15, -0.1) is 0 Å². The van der Waals surface area contributed by atoms with Crippen LogP contribution in [0.5, 0.6) is 0 Å². The molecular formula is C13H10ClN3O2. The minimum atomic E-state index is -0.550. The van der Waals surface area contributed by atoms with Gasteiger partial charge in [-0.25, -0.2) is 4.98 Å². The van der Waals surface area contributed by atoms with E-state index in [2.05, 4.69) is 15.3 Å². The smallest absolute Gasteiger partial charge is 0.287 e. The first-order chi connectivity index (χ1) is 9.15. The molecule has 1 aliphatic carbocycles. The summed E-state index contributed by atoms with van der Waals surface area (Å²) in [6.07, 6.45) is 3.53. The molecule has 1 heterocycles. The van der Waals surface area contributed by atoms with E-state index < -0.39 is 6.04 Å². The maximum absolute atomic E-state index is 12.2. The lowest BCUT2D eigenvalue weighted by Crippen LogP contribution is -2.39. The molecule has 2 aromatic rings. The van der Waals surface area contributed by atoms with E-state index in [9.17, 15) is 9.59 Å². The zero-order valence-corrected chi connectivity index (χ0v) is 10.6. The molecular weight excluding hydrogens is 266 g/mol. The van der Waals surface area contributed by atoms with Crippen LogP contribution in [-0.4, -0.2) is 27.7 Å². The molecule has 0 spiro atoms. The van der Waals surface area contributed by atoms with Crippen molar-refractivity contribution in [1.82, 2.24) is 15.3 Å². The molecule has 19 heavy (non-hydrogen) atoms. The van der Waals surface area contributed by atoms with Gasteiger partial charge in [-0.05, 0) is 17.7 Å². The Balaban J connectivity index is 1.79. The number of rotatable bonds is 2. The number of H-pyrrole nitrogens is 1. The molecule has 0 saturated carbocycles. The van der Waals surface area contributed by atoms with Gasteiger partial charge >= 0.3 is 0 Å². The predicted molar refractivity (Wildman–Crippen MR) is 69.3 cm³/mol. The summed E-state index contributed by atoms with van der Waals surface area (Å²) in [5.74, 6) is -0.304. The highest BCUT2D eigenvalue weighted by Gasteiger charge is 2.32. The largest absolute Gasteiger partial charge is 0.341 e. The number of hydrogen-bond acceptors (Lipinski definition) is 3. The lowest BCUT2D eigenvalue weighted by Gasteiger charge is -2.09. The minimum absolute atomic E-state index is 0.114. The van der Waals surface area contributed by atoms with E-state index in [1.807, 2.05) is 6.07 Å². The van der Waals surface area contributed by atoms with Gasteiger partial charge in [-0.3, -0.25) is 9.59 Å². The van der Waals surface area contributed by atoms with Crippen molar-refractivity contribution >= 4 is 23.3 Å². The van der Waals surface area contributed by atoms with Crippen molar-refractivity contribution in [3.63, 3.8) is 0 Å². The summed E-state index contributed by atoms with van der Waals surface area (Å²) in [4.78, 5) is 30.5. The summed E-state index contributed by atoms with van der Waals surface area (Å²) in [5.41, 5.74) is 1.48. The van der Waals surface area contributed by atoms with Crippen LogP contribution in [0.3, 0.4) is 0 Å². The molecule has 3 rings (SSSR count). The Labute approximate surface area is 114 Å². The summed E-state index contributed by atoms with van der Waals surface area (Å²) in [6.45, 7) is 0. The molecule has 1 atom stereocenters. The maximum Gasteiger partial charge on any atom is 0.287 e. The molecule has 1 aliphatic rings. The van der Waals surface area contributed by atoms with Gasteiger partial charge in [0.25, 0.3) is 5.91 Å². The zero-order chi connectivity index (χ0) is 13.4. The third-order valence-electron chi connectivity index (χ3n) is 3.10. The van der Waals surface area contributed by atoms with Gasteiger partial charge in [0.05, 0.1) is 6.04 Å². The number of amides is 1. The van der Waals surface area contributed by atoms with Crippen LogP contribution < -0.4 is 5.32 Å². The second-order valence-electron chi connectivity index (χ2n) is 4.33. The van der Waals surface area contributed by atoms with E-state index in [-0.39, 0.29) is 17.5 Å². The number of hydrogen-bond donors (Lipinski definition) is 2. The number of aromatic amines is 1. The number of aromatic nitrogens is 2. The van der Waals surface area contributed by atoms with E-state index in [1.54, 1.807) is 18.3 Å². The molecule has 1 unspecified atom stereocenters. The molecule has 0 fully saturated rings. The average molecular weight is 276 g/mol. The fourth-order valence-electron chi connectivity index (χ4n) is 2.19. The fraction of sp³-hybridized carbons (Fsp3) is 0.154. The molecule has 0 bridgehead atoms. The maximum atomic E-state index is 12.2. The normalized spacial score (nSPS) is 17.3. The number of carbonyl (C=O) groups is 2. The first kappa shape index (κ1) is 11.9. The molecule has 1 aromatic carbocycles. The van der Waals surface area contributed by atoms with Crippen LogP contribution in [-0.2, 0) is 6.42 Å². The highest BCUT2D eigenvalue weighted by atomic mass is 35.5. The second kappa shape index (κ2) is 4.51. The van der Waals surface area contributed by atoms with E-state index >= 15 is 0 Å². The molecule has 5 nitrogen and oxygen atoms in total. The number of imidazole rings is 1. The van der Waals surface area contributed by atoms with E-state index in [0.29, 0.717) is 17.0 Å². The van der Waals surface area contributed by atoms with Crippen molar-refractivity contribution < 1.29 is 9.59 Å². The van der Waals surface area contributed by atoms with Crippen molar-refractivity contribution in [3.8, 4) is 0 Å². The highest BCUT2D eigenvalue weighted by Crippen LogP contribution is 2.25. The Morgan fingerprint density at radius 1 is 1.47 bits per heavy atom. The Hall–Kier alpha value is -2.14. The predicted octanol–water partition coefficient (Wildman–Crippen LogP) is 1.60. The number of Topliss-reactive ketones (excluding diaryl/α,β-unsaturated/α-hetero) is 1. The van der Waals surface area contributed by atoms with Crippen LogP contribution in [0.15, 0.2) is 30.6 Å². The number of fused-ring (bicyclic) bond motifs is 1. The standard InChI is InChI=1S/C13H10ClN3O2/c14-8-2-1-7-5-10(11(18)9(7)6-8)17-13(19)12-15-3-4-16-12/h1-4,6,10H,5H2,(H,15,16)(H,17,19). The number of nitrogens with zero attached hydrogens (tertiary/aromatic N) is 1. The lowest BCUT2D eigenvalue weighted by molar-refractivity contribution is 0.0862. The Morgan fingerprint density at radius 3 is 3.05 bits per heavy atom. The van der Waals surface area contributed by atoms with Crippen LogP contribution in [0.2, 0.25) is 5.02 Å². The van der Waals surface area contributed by atoms with Gasteiger partial charge in [0.15, 0.2) is 11.6 Å². The van der Waals surface area contributed by atoms with E-state index in [1.165, 1.54) is 6.20 Å². The Kier molecular flexibility index (Phi) is 2.83. The van der Waals surface area contributed by atoms with E-state index in [0.717, 1.165) is 5.56 Å². The van der Waals surface area contributed by atoms with Crippen molar-refractivity contribution in [2.24, 2.45) is 0 Å². The number of halogens is 1. The van der Waals surface area contributed by atoms with Crippen molar-refractivity contribution in [2.75, 3.05) is 0 Å². The van der Waals surface area contributed by atoms with Gasteiger partial charge < -0.3 is 10.3 Å². The van der Waals surface area contributed by atoms with Crippen molar-refractivity contribution in [1.29, 1.82) is 0 Å². The molecule has 0 radical (unpaired) electrons. The molecule has 0 aliphatic heterocycles. The number of carbonyl (C=O) groups excluding carboxylic acids is 2. The van der Waals surface area contributed by atoms with Crippen molar-refractivity contribution in [3.05, 3.63) is 52.6 Å². The van der Waals surface area contributed by atoms with Gasteiger partial charge in [-0.2, -0.15) is 0 Å². The molecule has 0 saturated heterocycles. The number of ketones is 1. The van der Waals surface area contributed by atoms with Crippen LogP contribution in [0.1, 0.15) is 26.5 Å². The van der Waals surface area contributed by atoms with Crippen LogP contribution in [0.4, 0.5) is 0 Å². The van der Waals surface area contributed by atoms with Gasteiger partial charge in [0.2, 0.25) is 0 Å². The summed E-state index contributed by atoms with van der Waals surface area (Å²) in [7, 11) is 0. The monoisotopic (exact) mass is 275 g/mol. The van der Waals surface area contributed by atoms with Gasteiger partial charge in [0.1, 0.15) is 0 Å². The summed E-state index contributed by atoms with van der Waals surface area (Å²) >= 11 is 5.87. The number of benzene rings is 1. The molecule has 2 N–H and O–H groups in total. The number of nitrogens with one attached hydrogen (secondary N) is 2. The van der Waals surface area contributed by atoms with Gasteiger partial charge in [0, 0.05) is 29.4 Å². The summed E-state index contributed by atoms with van der Waals surface area (Å²) < 4.78 is 0. The molecule has 1 aromatic heterocycles. The summed E-state index contributed by atoms with van der Waals surface area (Å²) in [5, 5.41) is 3.19. The van der Waals surface area contributed by atoms with Crippen LogP contribution in [0, 0.1) is 0 Å². The van der Waals surface area contributed by atoms with E-state index in [4.69, 9.17) is 11.6 Å². The molecule has 6 heteroatoms.